The molecule has 0 N–H and O–H groups in total. The van der Waals surface area contributed by atoms with Gasteiger partial charge in [0.2, 0.25) is 0 Å². The Morgan fingerprint density at radius 3 is 1.89 bits per heavy atom. The maximum absolute atomic E-state index is 5.09. The van der Waals surface area contributed by atoms with Crippen LogP contribution in [-0.2, 0) is 6.42 Å². The van der Waals surface area contributed by atoms with E-state index in [0.717, 1.165) is 51.9 Å². The SMILES string of the molecule is Cc1ncccc1-c1cc(-c2nc(-c3ccccc3)nc(-c3ccccc3)n2)cc(-c2c3c(cc4ccccc24)CCC=C3)c1. The van der Waals surface area contributed by atoms with Crippen molar-refractivity contribution in [2.75, 3.05) is 0 Å². The highest BCUT2D eigenvalue weighted by molar-refractivity contribution is 6.03. The molecule has 1 aliphatic carbocycles. The summed E-state index contributed by atoms with van der Waals surface area (Å²) in [5.74, 6) is 1.93. The van der Waals surface area contributed by atoms with Crippen molar-refractivity contribution < 1.29 is 0 Å². The highest BCUT2D eigenvalue weighted by Gasteiger charge is 2.19. The summed E-state index contributed by atoms with van der Waals surface area (Å²) in [6.45, 7) is 2.06. The minimum Gasteiger partial charge on any atom is -0.261 e. The number of pyridine rings is 1. The number of allylic oxidation sites excluding steroid dienone is 1. The lowest BCUT2D eigenvalue weighted by Crippen LogP contribution is -2.01. The van der Waals surface area contributed by atoms with Gasteiger partial charge in [0.05, 0.1) is 0 Å². The van der Waals surface area contributed by atoms with Crippen LogP contribution in [0.15, 0.2) is 134 Å². The van der Waals surface area contributed by atoms with Crippen LogP contribution in [0.4, 0.5) is 0 Å². The Labute approximate surface area is 262 Å². The van der Waals surface area contributed by atoms with E-state index < -0.39 is 0 Å². The largest absolute Gasteiger partial charge is 0.261 e. The van der Waals surface area contributed by atoms with Crippen molar-refractivity contribution in [2.24, 2.45) is 0 Å². The first-order valence-corrected chi connectivity index (χ1v) is 15.4. The fourth-order valence-electron chi connectivity index (χ4n) is 6.35. The predicted octanol–water partition coefficient (Wildman–Crippen LogP) is 10.0. The van der Waals surface area contributed by atoms with E-state index in [4.69, 9.17) is 15.0 Å². The smallest absolute Gasteiger partial charge is 0.164 e. The Bertz CT molecular complexity index is 2160. The summed E-state index contributed by atoms with van der Waals surface area (Å²) in [5.41, 5.74) is 11.0. The maximum atomic E-state index is 5.09. The van der Waals surface area contributed by atoms with Crippen LogP contribution in [0.3, 0.4) is 0 Å². The Hall–Kier alpha value is -5.74. The van der Waals surface area contributed by atoms with Crippen molar-refractivity contribution in [3.63, 3.8) is 0 Å². The molecule has 0 bridgehead atoms. The second-order valence-electron chi connectivity index (χ2n) is 11.5. The molecule has 0 atom stereocenters. The van der Waals surface area contributed by atoms with Crippen LogP contribution in [0.25, 0.3) is 73.3 Å². The molecule has 7 aromatic rings. The van der Waals surface area contributed by atoms with E-state index in [1.807, 2.05) is 72.9 Å². The van der Waals surface area contributed by atoms with Gasteiger partial charge in [-0.15, -0.1) is 0 Å². The fourth-order valence-corrected chi connectivity index (χ4v) is 6.35. The molecule has 0 saturated carbocycles. The van der Waals surface area contributed by atoms with Gasteiger partial charge in [-0.2, -0.15) is 0 Å². The molecule has 0 unspecified atom stereocenters. The monoisotopic (exact) mass is 578 g/mol. The van der Waals surface area contributed by atoms with Gasteiger partial charge in [-0.1, -0.05) is 109 Å². The number of rotatable bonds is 5. The summed E-state index contributed by atoms with van der Waals surface area (Å²) < 4.78 is 0. The number of fused-ring (bicyclic) bond motifs is 2. The first-order chi connectivity index (χ1) is 22.2. The number of nitrogens with zero attached hydrogens (tertiary/aromatic N) is 4. The van der Waals surface area contributed by atoms with E-state index in [1.54, 1.807) is 0 Å². The maximum Gasteiger partial charge on any atom is 0.164 e. The average Bonchev–Trinajstić information content (AvgIpc) is 3.11. The second-order valence-corrected chi connectivity index (χ2v) is 11.5. The Morgan fingerprint density at radius 2 is 1.18 bits per heavy atom. The summed E-state index contributed by atoms with van der Waals surface area (Å²) in [6.07, 6.45) is 8.53. The lowest BCUT2D eigenvalue weighted by molar-refractivity contribution is 0.989. The lowest BCUT2D eigenvalue weighted by atomic mass is 9.84. The van der Waals surface area contributed by atoms with Crippen molar-refractivity contribution in [1.29, 1.82) is 0 Å². The van der Waals surface area contributed by atoms with Crippen LogP contribution in [0.2, 0.25) is 0 Å². The van der Waals surface area contributed by atoms with Gasteiger partial charge in [0.15, 0.2) is 17.5 Å². The molecule has 4 heteroatoms. The van der Waals surface area contributed by atoms with Gasteiger partial charge in [-0.25, -0.2) is 15.0 Å². The molecule has 0 amide bonds. The molecule has 0 spiro atoms. The summed E-state index contributed by atoms with van der Waals surface area (Å²) in [6, 6.07) is 42.2. The molecule has 8 rings (SSSR count). The minimum absolute atomic E-state index is 0.636. The predicted molar refractivity (Wildman–Crippen MR) is 184 cm³/mol. The van der Waals surface area contributed by atoms with Crippen LogP contribution in [0.1, 0.15) is 23.2 Å². The van der Waals surface area contributed by atoms with Gasteiger partial charge < -0.3 is 0 Å². The summed E-state index contributed by atoms with van der Waals surface area (Å²) in [7, 11) is 0. The molecule has 2 heterocycles. The van der Waals surface area contributed by atoms with Gasteiger partial charge in [0.1, 0.15) is 0 Å². The molecule has 1 aliphatic rings. The second kappa shape index (κ2) is 11.4. The van der Waals surface area contributed by atoms with Crippen LogP contribution in [-0.4, -0.2) is 19.9 Å². The summed E-state index contributed by atoms with van der Waals surface area (Å²) >= 11 is 0. The van der Waals surface area contributed by atoms with Gasteiger partial charge >= 0.3 is 0 Å². The van der Waals surface area contributed by atoms with Gasteiger partial charge in [-0.3, -0.25) is 4.98 Å². The Balaban J connectivity index is 1.43. The first kappa shape index (κ1) is 26.9. The van der Waals surface area contributed by atoms with Crippen LogP contribution >= 0.6 is 0 Å². The van der Waals surface area contributed by atoms with E-state index in [-0.39, 0.29) is 0 Å². The minimum atomic E-state index is 0.636. The van der Waals surface area contributed by atoms with E-state index in [1.165, 1.54) is 27.5 Å². The third-order valence-electron chi connectivity index (χ3n) is 8.54. The number of hydrogen-bond acceptors (Lipinski definition) is 4. The normalized spacial score (nSPS) is 12.3. The molecular formula is C41H30N4. The summed E-state index contributed by atoms with van der Waals surface area (Å²) in [4.78, 5) is 19.7. The van der Waals surface area contributed by atoms with Gasteiger partial charge in [0.25, 0.3) is 0 Å². The van der Waals surface area contributed by atoms with Crippen molar-refractivity contribution in [3.05, 3.63) is 150 Å². The highest BCUT2D eigenvalue weighted by atomic mass is 15.0. The molecule has 0 radical (unpaired) electrons. The highest BCUT2D eigenvalue weighted by Crippen LogP contribution is 2.41. The van der Waals surface area contributed by atoms with Crippen LogP contribution in [0.5, 0.6) is 0 Å². The van der Waals surface area contributed by atoms with E-state index >= 15 is 0 Å². The molecule has 214 valence electrons. The third kappa shape index (κ3) is 5.11. The van der Waals surface area contributed by atoms with E-state index in [2.05, 4.69) is 78.7 Å². The zero-order chi connectivity index (χ0) is 30.2. The molecule has 0 saturated heterocycles. The molecule has 2 aromatic heterocycles. The molecule has 5 aromatic carbocycles. The van der Waals surface area contributed by atoms with Crippen molar-refractivity contribution in [2.45, 2.75) is 19.8 Å². The first-order valence-electron chi connectivity index (χ1n) is 15.4. The van der Waals surface area contributed by atoms with E-state index in [9.17, 15) is 0 Å². The number of benzene rings is 5. The number of aromatic nitrogens is 4. The van der Waals surface area contributed by atoms with Crippen molar-refractivity contribution >= 4 is 16.8 Å². The number of hydrogen-bond donors (Lipinski definition) is 0. The number of aryl methyl sites for hydroxylation is 2. The molecule has 0 aliphatic heterocycles. The molecular weight excluding hydrogens is 548 g/mol. The van der Waals surface area contributed by atoms with Crippen molar-refractivity contribution in [3.8, 4) is 56.4 Å². The topological polar surface area (TPSA) is 51.6 Å². The Kier molecular flexibility index (Phi) is 6.80. The zero-order valence-electron chi connectivity index (χ0n) is 25.0. The van der Waals surface area contributed by atoms with Gasteiger partial charge in [0, 0.05) is 34.1 Å². The van der Waals surface area contributed by atoms with Crippen LogP contribution in [0, 0.1) is 6.92 Å². The molecule has 4 nitrogen and oxygen atoms in total. The average molecular weight is 579 g/mol. The summed E-state index contributed by atoms with van der Waals surface area (Å²) in [5, 5.41) is 2.49. The van der Waals surface area contributed by atoms with Gasteiger partial charge in [-0.05, 0) is 82.6 Å². The molecule has 0 fully saturated rings. The Morgan fingerprint density at radius 1 is 0.556 bits per heavy atom. The zero-order valence-corrected chi connectivity index (χ0v) is 25.0. The quantitative estimate of drug-likeness (QED) is 0.204. The fraction of sp³-hybridized carbons (Fsp3) is 0.0732. The standard InChI is InChI=1S/C41H30N4/c1-27-35(21-12-22-42-27)32-24-33(38-36-19-10-8-17-30(36)23-31-18-9-11-20-37(31)38)26-34(25-32)41-44-39(28-13-4-2-5-14-28)43-40(45-41)29-15-6-3-7-16-29/h2-8,10-17,19-26H,9,18H2,1H3. The van der Waals surface area contributed by atoms with Crippen LogP contribution < -0.4 is 0 Å². The van der Waals surface area contributed by atoms with E-state index in [0.29, 0.717) is 17.5 Å². The molecule has 45 heavy (non-hydrogen) atoms. The lowest BCUT2D eigenvalue weighted by Gasteiger charge is -2.20. The third-order valence-corrected chi connectivity index (χ3v) is 8.54. The van der Waals surface area contributed by atoms with Crippen molar-refractivity contribution in [1.82, 2.24) is 19.9 Å².